The summed E-state index contributed by atoms with van der Waals surface area (Å²) in [5, 5.41) is 22.3. The molecule has 182 valence electrons. The van der Waals surface area contributed by atoms with Gasteiger partial charge in [0, 0.05) is 17.8 Å². The van der Waals surface area contributed by atoms with E-state index >= 15 is 0 Å². The molecule has 0 bridgehead atoms. The molecule has 4 fully saturated rings. The topological polar surface area (TPSA) is 57.5 Å². The largest absolute Gasteiger partial charge is 0.393 e. The number of aliphatic hydroxyl groups excluding tert-OH is 1. The van der Waals surface area contributed by atoms with Gasteiger partial charge in [0.15, 0.2) is 0 Å². The third-order valence-electron chi connectivity index (χ3n) is 11.8. The van der Waals surface area contributed by atoms with Crippen molar-refractivity contribution in [3.8, 4) is 0 Å². The maximum atomic E-state index is 12.5. The summed E-state index contributed by atoms with van der Waals surface area (Å²) in [5.74, 6) is 2.85. The molecule has 0 amide bonds. The summed E-state index contributed by atoms with van der Waals surface area (Å²) in [5.41, 5.74) is 0.391. The van der Waals surface area contributed by atoms with E-state index in [4.69, 9.17) is 0 Å². The second kappa shape index (κ2) is 8.52. The lowest BCUT2D eigenvalue weighted by Gasteiger charge is -2.52. The maximum Gasteiger partial charge on any atom is 0.126 e. The predicted molar refractivity (Wildman–Crippen MR) is 130 cm³/mol. The number of allylic oxidation sites excluding steroid dienone is 1. The van der Waals surface area contributed by atoms with E-state index in [2.05, 4.69) is 41.2 Å². The lowest BCUT2D eigenvalue weighted by atomic mass is 9.53. The molecule has 4 saturated carbocycles. The van der Waals surface area contributed by atoms with Crippen molar-refractivity contribution >= 4 is 6.29 Å². The van der Waals surface area contributed by atoms with Crippen LogP contribution in [0.5, 0.6) is 0 Å². The normalized spacial score (nSPS) is 49.6. The summed E-state index contributed by atoms with van der Waals surface area (Å²) in [4.78, 5) is 12.5. The number of rotatable bonds is 7. The molecule has 4 rings (SSSR count). The van der Waals surface area contributed by atoms with Crippen LogP contribution in [0, 0.1) is 52.3 Å². The molecule has 0 heterocycles. The first-order valence-electron chi connectivity index (χ1n) is 13.6. The zero-order chi connectivity index (χ0) is 23.5. The summed E-state index contributed by atoms with van der Waals surface area (Å²) in [7, 11) is 0. The highest BCUT2D eigenvalue weighted by Crippen LogP contribution is 2.72. The van der Waals surface area contributed by atoms with E-state index in [0.29, 0.717) is 36.0 Å². The van der Waals surface area contributed by atoms with Crippen LogP contribution in [-0.4, -0.2) is 28.2 Å². The van der Waals surface area contributed by atoms with E-state index in [-0.39, 0.29) is 22.7 Å². The molecule has 32 heavy (non-hydrogen) atoms. The Morgan fingerprint density at radius 2 is 1.84 bits per heavy atom. The summed E-state index contributed by atoms with van der Waals surface area (Å²) in [6, 6.07) is 0. The summed E-state index contributed by atoms with van der Waals surface area (Å²) in [6.45, 7) is 16.1. The number of carbonyl (C=O) groups is 1. The van der Waals surface area contributed by atoms with Gasteiger partial charge in [-0.15, -0.1) is 0 Å². The molecule has 0 aromatic heterocycles. The standard InChI is InChI=1S/C29H48O3/c1-7-18(2)19(3)8-9-20(4)22-10-11-23-26-24(13-14-27(22,23)5)28(6)15-12-21(31)16-29(28,32)25(26)17-30/h17-18,20-26,31-32H,3,7-16H2,1-2,4-6H3/t18-,20+,21-,22+,23-,24-,25+,26-,27+,28+,29+/m0/s1. The molecule has 11 atom stereocenters. The van der Waals surface area contributed by atoms with E-state index in [1.54, 1.807) is 0 Å². The van der Waals surface area contributed by atoms with Gasteiger partial charge in [0.2, 0.25) is 0 Å². The van der Waals surface area contributed by atoms with Crippen molar-refractivity contribution in [2.24, 2.45) is 52.3 Å². The van der Waals surface area contributed by atoms with Gasteiger partial charge < -0.3 is 15.0 Å². The molecular formula is C29H48O3. The van der Waals surface area contributed by atoms with Crippen molar-refractivity contribution in [1.82, 2.24) is 0 Å². The minimum Gasteiger partial charge on any atom is -0.393 e. The summed E-state index contributed by atoms with van der Waals surface area (Å²) in [6.07, 6.45) is 10.9. The fourth-order valence-electron chi connectivity index (χ4n) is 9.49. The number of aldehydes is 1. The predicted octanol–water partition coefficient (Wildman–Crippen LogP) is 6.17. The molecular weight excluding hydrogens is 396 g/mol. The fourth-order valence-corrected chi connectivity index (χ4v) is 9.49. The molecule has 4 aliphatic carbocycles. The second-order valence-corrected chi connectivity index (χ2v) is 12.9. The molecule has 4 aliphatic rings. The Bertz CT molecular complexity index is 732. The van der Waals surface area contributed by atoms with E-state index in [1.807, 2.05) is 0 Å². The van der Waals surface area contributed by atoms with Crippen LogP contribution in [0.2, 0.25) is 0 Å². The lowest BCUT2D eigenvalue weighted by molar-refractivity contribution is -0.156. The SMILES string of the molecule is C=C(CC[C@@H](C)[C@H]1CC[C@H]2[C@@H]3[C@@H](C=O)[C@]4(O)C[C@@H](O)CC[C@]4(C)[C@H]3CC[C@]12C)[C@@H](C)CC. The molecule has 3 heteroatoms. The monoisotopic (exact) mass is 444 g/mol. The van der Waals surface area contributed by atoms with E-state index in [9.17, 15) is 15.0 Å². The van der Waals surface area contributed by atoms with Crippen molar-refractivity contribution in [3.05, 3.63) is 12.2 Å². The number of hydrogen-bond acceptors (Lipinski definition) is 3. The number of carbonyl (C=O) groups excluding carboxylic acids is 1. The molecule has 0 aliphatic heterocycles. The molecule has 2 N–H and O–H groups in total. The van der Waals surface area contributed by atoms with Gasteiger partial charge in [0.25, 0.3) is 0 Å². The van der Waals surface area contributed by atoms with Crippen LogP contribution in [0.1, 0.15) is 98.8 Å². The van der Waals surface area contributed by atoms with Gasteiger partial charge in [-0.3, -0.25) is 0 Å². The van der Waals surface area contributed by atoms with Gasteiger partial charge in [0.1, 0.15) is 6.29 Å². The first-order chi connectivity index (χ1) is 15.0. The first kappa shape index (κ1) is 24.5. The first-order valence-corrected chi connectivity index (χ1v) is 13.6. The van der Waals surface area contributed by atoms with Gasteiger partial charge in [-0.1, -0.05) is 46.8 Å². The van der Waals surface area contributed by atoms with E-state index < -0.39 is 11.7 Å². The lowest BCUT2D eigenvalue weighted by Crippen LogP contribution is -2.54. The van der Waals surface area contributed by atoms with Gasteiger partial charge in [0.05, 0.1) is 11.7 Å². The van der Waals surface area contributed by atoms with Crippen molar-refractivity contribution in [2.75, 3.05) is 0 Å². The van der Waals surface area contributed by atoms with Crippen molar-refractivity contribution in [3.63, 3.8) is 0 Å². The fraction of sp³-hybridized carbons (Fsp3) is 0.897. The number of fused-ring (bicyclic) bond motifs is 5. The average Bonchev–Trinajstić information content (AvgIpc) is 3.20. The highest BCUT2D eigenvalue weighted by molar-refractivity contribution is 5.59. The number of hydrogen-bond donors (Lipinski definition) is 2. The van der Waals surface area contributed by atoms with Crippen LogP contribution in [0.3, 0.4) is 0 Å². The molecule has 0 aromatic rings. The van der Waals surface area contributed by atoms with Crippen LogP contribution in [0.4, 0.5) is 0 Å². The average molecular weight is 445 g/mol. The van der Waals surface area contributed by atoms with E-state index in [0.717, 1.165) is 32.0 Å². The third kappa shape index (κ3) is 3.39. The molecule has 3 nitrogen and oxygen atoms in total. The van der Waals surface area contributed by atoms with Crippen molar-refractivity contribution in [1.29, 1.82) is 0 Å². The molecule has 0 saturated heterocycles. The summed E-state index contributed by atoms with van der Waals surface area (Å²) < 4.78 is 0. The van der Waals surface area contributed by atoms with Crippen LogP contribution >= 0.6 is 0 Å². The highest BCUT2D eigenvalue weighted by atomic mass is 16.3. The van der Waals surface area contributed by atoms with E-state index in [1.165, 1.54) is 37.7 Å². The van der Waals surface area contributed by atoms with Crippen LogP contribution in [0.15, 0.2) is 12.2 Å². The quantitative estimate of drug-likeness (QED) is 0.364. The summed E-state index contributed by atoms with van der Waals surface area (Å²) >= 11 is 0. The van der Waals surface area contributed by atoms with Crippen LogP contribution in [0.25, 0.3) is 0 Å². The second-order valence-electron chi connectivity index (χ2n) is 12.9. The minimum atomic E-state index is -1.04. The maximum absolute atomic E-state index is 12.5. The Balaban J connectivity index is 1.56. The molecule has 0 aromatic carbocycles. The van der Waals surface area contributed by atoms with Crippen molar-refractivity contribution < 1.29 is 15.0 Å². The van der Waals surface area contributed by atoms with Gasteiger partial charge in [-0.05, 0) is 98.7 Å². The highest BCUT2D eigenvalue weighted by Gasteiger charge is 2.72. The minimum absolute atomic E-state index is 0.235. The molecule has 0 spiro atoms. The Hall–Kier alpha value is -0.670. The van der Waals surface area contributed by atoms with Crippen molar-refractivity contribution in [2.45, 2.75) is 111 Å². The number of aliphatic hydroxyl groups is 2. The van der Waals surface area contributed by atoms with Gasteiger partial charge >= 0.3 is 0 Å². The van der Waals surface area contributed by atoms with Gasteiger partial charge in [-0.25, -0.2) is 0 Å². The Morgan fingerprint density at radius 1 is 1.12 bits per heavy atom. The Morgan fingerprint density at radius 3 is 2.50 bits per heavy atom. The smallest absolute Gasteiger partial charge is 0.126 e. The third-order valence-corrected chi connectivity index (χ3v) is 11.8. The van der Waals surface area contributed by atoms with Crippen LogP contribution in [-0.2, 0) is 4.79 Å². The Kier molecular flexibility index (Phi) is 6.51. The molecule has 0 radical (unpaired) electrons. The zero-order valence-electron chi connectivity index (χ0n) is 21.3. The van der Waals surface area contributed by atoms with Gasteiger partial charge in [-0.2, -0.15) is 0 Å². The van der Waals surface area contributed by atoms with Crippen LogP contribution < -0.4 is 0 Å². The Labute approximate surface area is 196 Å². The molecule has 0 unspecified atom stereocenters. The zero-order valence-corrected chi connectivity index (χ0v) is 21.3.